The molecule has 0 aromatic rings. The molecule has 1 saturated carbocycles. The monoisotopic (exact) mass is 205 g/mol. The van der Waals surface area contributed by atoms with Crippen molar-refractivity contribution in [3.63, 3.8) is 0 Å². The van der Waals surface area contributed by atoms with Crippen LogP contribution < -0.4 is 5.73 Å². The van der Waals surface area contributed by atoms with Gasteiger partial charge in [0.2, 0.25) is 0 Å². The molecule has 0 bridgehead atoms. The van der Waals surface area contributed by atoms with Crippen LogP contribution in [0.5, 0.6) is 0 Å². The Labute approximate surface area is 78.4 Å². The van der Waals surface area contributed by atoms with Crippen molar-refractivity contribution in [3.05, 3.63) is 0 Å². The maximum absolute atomic E-state index is 12.1. The van der Waals surface area contributed by atoms with E-state index in [4.69, 9.17) is 10.5 Å². The number of rotatable bonds is 3. The van der Waals surface area contributed by atoms with Gasteiger partial charge >= 0.3 is 0 Å². The van der Waals surface area contributed by atoms with Crippen molar-refractivity contribution < 1.29 is 13.2 Å². The molecule has 5 heteroatoms. The fourth-order valence-electron chi connectivity index (χ4n) is 1.68. The molecule has 1 saturated heterocycles. The van der Waals surface area contributed by atoms with Crippen molar-refractivity contribution >= 4 is 9.84 Å². The Morgan fingerprint density at radius 3 is 2.15 bits per heavy atom. The lowest BCUT2D eigenvalue weighted by atomic mass is 10.1. The predicted molar refractivity (Wildman–Crippen MR) is 49.2 cm³/mol. The van der Waals surface area contributed by atoms with E-state index in [-0.39, 0.29) is 19.8 Å². The van der Waals surface area contributed by atoms with Crippen LogP contribution in [0.3, 0.4) is 0 Å². The Morgan fingerprint density at radius 2 is 1.92 bits per heavy atom. The van der Waals surface area contributed by atoms with Crippen LogP contribution in [-0.4, -0.2) is 37.7 Å². The highest BCUT2D eigenvalue weighted by atomic mass is 32.2. The fourth-order valence-corrected chi connectivity index (χ4v) is 4.06. The first kappa shape index (κ1) is 9.43. The minimum Gasteiger partial charge on any atom is -0.378 e. The predicted octanol–water partition coefficient (Wildman–Crippen LogP) is -0.319. The average molecular weight is 205 g/mol. The van der Waals surface area contributed by atoms with Gasteiger partial charge in [0.25, 0.3) is 0 Å². The summed E-state index contributed by atoms with van der Waals surface area (Å²) in [6.45, 7) is 2.55. The SMILES string of the molecule is CC1(S(=O)(=O)C2(CN)COC2)CC1. The molecule has 1 aliphatic heterocycles. The van der Waals surface area contributed by atoms with E-state index in [9.17, 15) is 8.42 Å². The van der Waals surface area contributed by atoms with E-state index in [1.54, 1.807) is 6.92 Å². The minimum atomic E-state index is -3.09. The molecule has 76 valence electrons. The van der Waals surface area contributed by atoms with Gasteiger partial charge in [-0.15, -0.1) is 0 Å². The van der Waals surface area contributed by atoms with Crippen LogP contribution in [0.2, 0.25) is 0 Å². The second kappa shape index (κ2) is 2.46. The van der Waals surface area contributed by atoms with Gasteiger partial charge in [0.05, 0.1) is 18.0 Å². The number of sulfone groups is 1. The molecule has 0 atom stereocenters. The zero-order valence-corrected chi connectivity index (χ0v) is 8.56. The summed E-state index contributed by atoms with van der Waals surface area (Å²) in [6.07, 6.45) is 1.55. The van der Waals surface area contributed by atoms with Gasteiger partial charge in [0.15, 0.2) is 9.84 Å². The molecule has 2 N–H and O–H groups in total. The third kappa shape index (κ3) is 1.01. The van der Waals surface area contributed by atoms with Crippen molar-refractivity contribution in [1.82, 2.24) is 0 Å². The van der Waals surface area contributed by atoms with Crippen molar-refractivity contribution in [3.8, 4) is 0 Å². The Morgan fingerprint density at radius 1 is 1.38 bits per heavy atom. The maximum Gasteiger partial charge on any atom is 0.167 e. The van der Waals surface area contributed by atoms with Crippen LogP contribution >= 0.6 is 0 Å². The van der Waals surface area contributed by atoms with Gasteiger partial charge in [-0.25, -0.2) is 8.42 Å². The molecule has 1 aliphatic carbocycles. The molecule has 1 heterocycles. The molecular formula is C8H15NO3S. The Hall–Kier alpha value is -0.130. The molecule has 0 unspecified atom stereocenters. The van der Waals surface area contributed by atoms with Crippen molar-refractivity contribution in [2.24, 2.45) is 5.73 Å². The maximum atomic E-state index is 12.1. The van der Waals surface area contributed by atoms with Gasteiger partial charge in [-0.05, 0) is 19.8 Å². The highest BCUT2D eigenvalue weighted by molar-refractivity contribution is 7.94. The first-order valence-electron chi connectivity index (χ1n) is 4.49. The lowest BCUT2D eigenvalue weighted by Gasteiger charge is -2.41. The second-order valence-corrected chi connectivity index (χ2v) is 7.19. The summed E-state index contributed by atoms with van der Waals surface area (Å²) in [7, 11) is -3.09. The van der Waals surface area contributed by atoms with Crippen LogP contribution in [0.15, 0.2) is 0 Å². The number of hydrogen-bond acceptors (Lipinski definition) is 4. The summed E-state index contributed by atoms with van der Waals surface area (Å²) < 4.78 is 27.9. The smallest absolute Gasteiger partial charge is 0.167 e. The highest BCUT2D eigenvalue weighted by Gasteiger charge is 2.62. The van der Waals surface area contributed by atoms with E-state index >= 15 is 0 Å². The third-order valence-corrected chi connectivity index (χ3v) is 6.52. The molecule has 13 heavy (non-hydrogen) atoms. The summed E-state index contributed by atoms with van der Waals surface area (Å²) in [6, 6.07) is 0. The summed E-state index contributed by atoms with van der Waals surface area (Å²) in [5.74, 6) is 0. The normalized spacial score (nSPS) is 29.4. The van der Waals surface area contributed by atoms with E-state index < -0.39 is 19.3 Å². The number of ether oxygens (including phenoxy) is 1. The van der Waals surface area contributed by atoms with Crippen LogP contribution in [0.1, 0.15) is 19.8 Å². The van der Waals surface area contributed by atoms with Crippen LogP contribution in [0.25, 0.3) is 0 Å². The average Bonchev–Trinajstić information content (AvgIpc) is 2.67. The van der Waals surface area contributed by atoms with E-state index in [0.29, 0.717) is 0 Å². The summed E-state index contributed by atoms with van der Waals surface area (Å²) in [5.41, 5.74) is 5.52. The zero-order valence-electron chi connectivity index (χ0n) is 7.75. The van der Waals surface area contributed by atoms with E-state index in [0.717, 1.165) is 12.8 Å². The summed E-state index contributed by atoms with van der Waals surface area (Å²) >= 11 is 0. The summed E-state index contributed by atoms with van der Waals surface area (Å²) in [4.78, 5) is 0. The standard InChI is InChI=1S/C8H15NO3S/c1-7(2-3-7)13(10,11)8(4-9)5-12-6-8/h2-6,9H2,1H3. The van der Waals surface area contributed by atoms with Crippen LogP contribution in [0, 0.1) is 0 Å². The Bertz CT molecular complexity index is 309. The van der Waals surface area contributed by atoms with Gasteiger partial charge in [-0.2, -0.15) is 0 Å². The number of hydrogen-bond donors (Lipinski definition) is 1. The van der Waals surface area contributed by atoms with E-state index in [1.807, 2.05) is 0 Å². The Balaban J connectivity index is 2.33. The van der Waals surface area contributed by atoms with E-state index in [2.05, 4.69) is 0 Å². The van der Waals surface area contributed by atoms with Gasteiger partial charge in [-0.3, -0.25) is 0 Å². The number of nitrogens with two attached hydrogens (primary N) is 1. The molecule has 0 radical (unpaired) electrons. The molecule has 4 nitrogen and oxygen atoms in total. The first-order valence-corrected chi connectivity index (χ1v) is 5.98. The molecular weight excluding hydrogens is 190 g/mol. The van der Waals surface area contributed by atoms with Crippen molar-refractivity contribution in [1.29, 1.82) is 0 Å². The summed E-state index contributed by atoms with van der Waals surface area (Å²) in [5, 5.41) is 0. The minimum absolute atomic E-state index is 0.185. The van der Waals surface area contributed by atoms with Crippen molar-refractivity contribution in [2.45, 2.75) is 29.3 Å². The van der Waals surface area contributed by atoms with Crippen LogP contribution in [0.4, 0.5) is 0 Å². The van der Waals surface area contributed by atoms with Crippen LogP contribution in [-0.2, 0) is 14.6 Å². The van der Waals surface area contributed by atoms with Crippen molar-refractivity contribution in [2.75, 3.05) is 19.8 Å². The first-order chi connectivity index (χ1) is 5.97. The topological polar surface area (TPSA) is 69.4 Å². The van der Waals surface area contributed by atoms with Gasteiger partial charge in [0.1, 0.15) is 4.75 Å². The molecule has 0 spiro atoms. The largest absolute Gasteiger partial charge is 0.378 e. The molecule has 0 amide bonds. The fraction of sp³-hybridized carbons (Fsp3) is 1.00. The lowest BCUT2D eigenvalue weighted by molar-refractivity contribution is -0.00977. The van der Waals surface area contributed by atoms with E-state index in [1.165, 1.54) is 0 Å². The molecule has 2 rings (SSSR count). The lowest BCUT2D eigenvalue weighted by Crippen LogP contribution is -2.63. The quantitative estimate of drug-likeness (QED) is 0.685. The van der Waals surface area contributed by atoms with Gasteiger partial charge < -0.3 is 10.5 Å². The Kier molecular flexibility index (Phi) is 1.78. The zero-order chi connectivity index (χ0) is 9.74. The second-order valence-electron chi connectivity index (χ2n) is 4.33. The van der Waals surface area contributed by atoms with Gasteiger partial charge in [-0.1, -0.05) is 0 Å². The molecule has 0 aromatic heterocycles. The van der Waals surface area contributed by atoms with Gasteiger partial charge in [0, 0.05) is 6.54 Å². The highest BCUT2D eigenvalue weighted by Crippen LogP contribution is 2.49. The molecule has 0 aromatic carbocycles. The molecule has 2 aliphatic rings. The molecule has 2 fully saturated rings. The third-order valence-electron chi connectivity index (χ3n) is 3.28.